The first-order valence-corrected chi connectivity index (χ1v) is 7.49. The van der Waals surface area contributed by atoms with Crippen LogP contribution in [0.3, 0.4) is 0 Å². The summed E-state index contributed by atoms with van der Waals surface area (Å²) in [7, 11) is 0. The molecule has 18 heavy (non-hydrogen) atoms. The fraction of sp³-hybridized carbons (Fsp3) is 0.467. The molecule has 1 aromatic carbocycles. The van der Waals surface area contributed by atoms with Gasteiger partial charge in [0.2, 0.25) is 0 Å². The summed E-state index contributed by atoms with van der Waals surface area (Å²) in [4.78, 5) is 0. The molecule has 3 heteroatoms. The Morgan fingerprint density at radius 3 is 2.78 bits per heavy atom. The number of unbranched alkanes of at least 4 members (excludes halogenated alkanes) is 1. The van der Waals surface area contributed by atoms with E-state index in [4.69, 9.17) is 0 Å². The summed E-state index contributed by atoms with van der Waals surface area (Å²) in [5, 5.41) is 4.69. The number of para-hydroxylation sites is 1. The number of rotatable bonds is 6. The predicted octanol–water partition coefficient (Wildman–Crippen LogP) is 4.10. The van der Waals surface area contributed by atoms with E-state index in [9.17, 15) is 0 Å². The molecule has 0 spiro atoms. The lowest BCUT2D eigenvalue weighted by Crippen LogP contribution is -2.14. The number of nitrogens with one attached hydrogen (secondary N) is 1. The van der Waals surface area contributed by atoms with Crippen molar-refractivity contribution in [1.29, 1.82) is 0 Å². The minimum absolute atomic E-state index is 1.07. The molecule has 0 bridgehead atoms. The number of hydrogen-bond acceptors (Lipinski definition) is 1. The van der Waals surface area contributed by atoms with Crippen LogP contribution in [0.4, 0.5) is 0 Å². The van der Waals surface area contributed by atoms with Crippen molar-refractivity contribution >= 4 is 26.8 Å². The van der Waals surface area contributed by atoms with Crippen LogP contribution >= 0.6 is 15.9 Å². The maximum absolute atomic E-state index is 3.70. The van der Waals surface area contributed by atoms with Gasteiger partial charge >= 0.3 is 0 Å². The molecule has 1 aromatic heterocycles. The second-order valence-electron chi connectivity index (χ2n) is 4.63. The summed E-state index contributed by atoms with van der Waals surface area (Å²) in [6, 6.07) is 8.60. The van der Waals surface area contributed by atoms with E-state index in [1.807, 2.05) is 0 Å². The Balaban J connectivity index is 2.10. The maximum Gasteiger partial charge on any atom is 0.0494 e. The highest BCUT2D eigenvalue weighted by molar-refractivity contribution is 9.10. The van der Waals surface area contributed by atoms with Crippen LogP contribution in [0.2, 0.25) is 0 Å². The van der Waals surface area contributed by atoms with Crippen molar-refractivity contribution in [2.24, 2.45) is 0 Å². The molecule has 0 unspecified atom stereocenters. The van der Waals surface area contributed by atoms with Gasteiger partial charge in [0, 0.05) is 27.6 Å². The molecule has 98 valence electrons. The Morgan fingerprint density at radius 2 is 2.00 bits per heavy atom. The SMILES string of the molecule is CCNCCCCn1c(C)c(Br)c2ccccc21. The Morgan fingerprint density at radius 1 is 1.22 bits per heavy atom. The standard InChI is InChI=1S/C15H21BrN2/c1-3-17-10-6-7-11-18-12(2)15(16)13-8-4-5-9-14(13)18/h4-5,8-9,17H,3,6-7,10-11H2,1-2H3. The molecular formula is C15H21BrN2. The van der Waals surface area contributed by atoms with Gasteiger partial charge in [-0.05, 0) is 54.9 Å². The molecule has 0 aliphatic rings. The van der Waals surface area contributed by atoms with Gasteiger partial charge < -0.3 is 9.88 Å². The number of benzene rings is 1. The van der Waals surface area contributed by atoms with Gasteiger partial charge in [0.25, 0.3) is 0 Å². The van der Waals surface area contributed by atoms with E-state index in [1.54, 1.807) is 0 Å². The Labute approximate surface area is 118 Å². The van der Waals surface area contributed by atoms with Crippen molar-refractivity contribution in [3.8, 4) is 0 Å². The van der Waals surface area contributed by atoms with E-state index >= 15 is 0 Å². The summed E-state index contributed by atoms with van der Waals surface area (Å²) >= 11 is 3.70. The lowest BCUT2D eigenvalue weighted by atomic mass is 10.2. The molecule has 0 aliphatic heterocycles. The van der Waals surface area contributed by atoms with Crippen LogP contribution in [0, 0.1) is 6.92 Å². The van der Waals surface area contributed by atoms with Gasteiger partial charge in [0.1, 0.15) is 0 Å². The van der Waals surface area contributed by atoms with Crippen LogP contribution in [0.25, 0.3) is 10.9 Å². The van der Waals surface area contributed by atoms with Crippen molar-refractivity contribution in [3.63, 3.8) is 0 Å². The minimum Gasteiger partial charge on any atom is -0.344 e. The summed E-state index contributed by atoms with van der Waals surface area (Å²) in [5.74, 6) is 0. The third-order valence-electron chi connectivity index (χ3n) is 3.39. The second kappa shape index (κ2) is 6.39. The van der Waals surface area contributed by atoms with Crippen LogP contribution in [0.5, 0.6) is 0 Å². The first-order chi connectivity index (χ1) is 8.75. The van der Waals surface area contributed by atoms with Gasteiger partial charge in [-0.2, -0.15) is 0 Å². The highest BCUT2D eigenvalue weighted by Gasteiger charge is 2.10. The van der Waals surface area contributed by atoms with E-state index < -0.39 is 0 Å². The molecule has 0 atom stereocenters. The number of halogens is 1. The van der Waals surface area contributed by atoms with Crippen molar-refractivity contribution in [1.82, 2.24) is 9.88 Å². The summed E-state index contributed by atoms with van der Waals surface area (Å²) in [6.07, 6.45) is 2.45. The number of fused-ring (bicyclic) bond motifs is 1. The van der Waals surface area contributed by atoms with Crippen molar-refractivity contribution < 1.29 is 0 Å². The zero-order valence-electron chi connectivity index (χ0n) is 11.2. The van der Waals surface area contributed by atoms with Gasteiger partial charge in [-0.25, -0.2) is 0 Å². The molecule has 1 heterocycles. The van der Waals surface area contributed by atoms with E-state index in [1.165, 1.54) is 33.9 Å². The quantitative estimate of drug-likeness (QED) is 0.795. The van der Waals surface area contributed by atoms with E-state index in [-0.39, 0.29) is 0 Å². The number of aryl methyl sites for hydroxylation is 1. The van der Waals surface area contributed by atoms with Gasteiger partial charge in [-0.1, -0.05) is 25.1 Å². The molecule has 2 rings (SSSR count). The van der Waals surface area contributed by atoms with Gasteiger partial charge in [0.15, 0.2) is 0 Å². The number of hydrogen-bond donors (Lipinski definition) is 1. The average molecular weight is 309 g/mol. The normalized spacial score (nSPS) is 11.3. The van der Waals surface area contributed by atoms with Crippen molar-refractivity contribution in [2.45, 2.75) is 33.2 Å². The topological polar surface area (TPSA) is 17.0 Å². The number of nitrogens with zero attached hydrogens (tertiary/aromatic N) is 1. The minimum atomic E-state index is 1.07. The zero-order valence-corrected chi connectivity index (χ0v) is 12.8. The fourth-order valence-electron chi connectivity index (χ4n) is 2.37. The van der Waals surface area contributed by atoms with E-state index in [2.05, 4.69) is 63.9 Å². The number of aromatic nitrogens is 1. The molecule has 0 saturated carbocycles. The molecule has 1 N–H and O–H groups in total. The highest BCUT2D eigenvalue weighted by atomic mass is 79.9. The molecule has 2 aromatic rings. The van der Waals surface area contributed by atoms with Crippen LogP contribution in [0.15, 0.2) is 28.7 Å². The predicted molar refractivity (Wildman–Crippen MR) is 82.2 cm³/mol. The smallest absolute Gasteiger partial charge is 0.0494 e. The fourth-order valence-corrected chi connectivity index (χ4v) is 2.92. The molecule has 0 saturated heterocycles. The first-order valence-electron chi connectivity index (χ1n) is 6.69. The van der Waals surface area contributed by atoms with Crippen LogP contribution in [0.1, 0.15) is 25.5 Å². The molecule has 0 fully saturated rings. The highest BCUT2D eigenvalue weighted by Crippen LogP contribution is 2.30. The van der Waals surface area contributed by atoms with Crippen molar-refractivity contribution in [3.05, 3.63) is 34.4 Å². The molecular weight excluding hydrogens is 288 g/mol. The average Bonchev–Trinajstić information content (AvgIpc) is 2.64. The Bertz CT molecular complexity index is 516. The van der Waals surface area contributed by atoms with E-state index in [0.717, 1.165) is 19.6 Å². The van der Waals surface area contributed by atoms with Crippen LogP contribution in [-0.2, 0) is 6.54 Å². The Kier molecular flexibility index (Phi) is 4.84. The van der Waals surface area contributed by atoms with Gasteiger partial charge in [-0.3, -0.25) is 0 Å². The van der Waals surface area contributed by atoms with Crippen molar-refractivity contribution in [2.75, 3.05) is 13.1 Å². The van der Waals surface area contributed by atoms with Gasteiger partial charge in [0.05, 0.1) is 0 Å². The molecule has 0 aliphatic carbocycles. The zero-order chi connectivity index (χ0) is 13.0. The largest absolute Gasteiger partial charge is 0.344 e. The second-order valence-corrected chi connectivity index (χ2v) is 5.42. The lowest BCUT2D eigenvalue weighted by molar-refractivity contribution is 0.580. The summed E-state index contributed by atoms with van der Waals surface area (Å²) < 4.78 is 3.66. The monoisotopic (exact) mass is 308 g/mol. The molecule has 0 radical (unpaired) electrons. The summed E-state index contributed by atoms with van der Waals surface area (Å²) in [6.45, 7) is 7.63. The molecule has 0 amide bonds. The van der Waals surface area contributed by atoms with Crippen LogP contribution in [-0.4, -0.2) is 17.7 Å². The third kappa shape index (κ3) is 2.78. The van der Waals surface area contributed by atoms with Gasteiger partial charge in [-0.15, -0.1) is 0 Å². The third-order valence-corrected chi connectivity index (χ3v) is 4.39. The molecule has 2 nitrogen and oxygen atoms in total. The Hall–Kier alpha value is -0.800. The lowest BCUT2D eigenvalue weighted by Gasteiger charge is -2.08. The van der Waals surface area contributed by atoms with E-state index in [0.29, 0.717) is 0 Å². The van der Waals surface area contributed by atoms with Crippen LogP contribution < -0.4 is 5.32 Å². The first kappa shape index (κ1) is 13.6. The maximum atomic E-state index is 3.70. The summed E-state index contributed by atoms with van der Waals surface area (Å²) in [5.41, 5.74) is 2.67.